The number of nitrogens with one attached hydrogen (secondary N) is 1. The summed E-state index contributed by atoms with van der Waals surface area (Å²) in [6, 6.07) is 5.74. The highest BCUT2D eigenvalue weighted by Crippen LogP contribution is 2.27. The largest absolute Gasteiger partial charge is 0.350 e. The second kappa shape index (κ2) is 5.05. The second-order valence-electron chi connectivity index (χ2n) is 6.01. The van der Waals surface area contributed by atoms with Crippen LogP contribution in [0, 0.1) is 0 Å². The number of aromatic nitrogens is 2. The number of anilines is 1. The van der Waals surface area contributed by atoms with Crippen molar-refractivity contribution < 1.29 is 4.79 Å². The van der Waals surface area contributed by atoms with Gasteiger partial charge in [0.15, 0.2) is 5.11 Å². The molecule has 1 aromatic carbocycles. The zero-order chi connectivity index (χ0) is 15.3. The number of carbonyl (C=O) groups is 1. The first-order chi connectivity index (χ1) is 10.6. The molecule has 2 aromatic rings. The zero-order valence-electron chi connectivity index (χ0n) is 12.5. The second-order valence-corrected chi connectivity index (χ2v) is 6.39. The number of thiocarbonyl (C=S) groups is 1. The Morgan fingerprint density at radius 2 is 2.18 bits per heavy atom. The van der Waals surface area contributed by atoms with Gasteiger partial charge in [0.1, 0.15) is 11.9 Å². The highest BCUT2D eigenvalue weighted by Gasteiger charge is 2.33. The number of nitrogens with zero attached hydrogens (tertiary/aromatic N) is 3. The van der Waals surface area contributed by atoms with E-state index in [1.165, 1.54) is 19.3 Å². The van der Waals surface area contributed by atoms with Gasteiger partial charge in [0, 0.05) is 13.0 Å². The average Bonchev–Trinajstić information content (AvgIpc) is 2.84. The monoisotopic (exact) mass is 314 g/mol. The number of fused-ring (bicyclic) bond motifs is 3. The van der Waals surface area contributed by atoms with Crippen LogP contribution in [0.1, 0.15) is 32.0 Å². The molecule has 114 valence electrons. The maximum Gasteiger partial charge on any atom is 0.255 e. The Balaban J connectivity index is 1.79. The molecule has 1 aromatic heterocycles. The van der Waals surface area contributed by atoms with Gasteiger partial charge in [-0.3, -0.25) is 9.69 Å². The molecule has 1 unspecified atom stereocenters. The minimum absolute atomic E-state index is 0.00915. The van der Waals surface area contributed by atoms with E-state index in [1.807, 2.05) is 19.1 Å². The van der Waals surface area contributed by atoms with E-state index >= 15 is 0 Å². The van der Waals surface area contributed by atoms with E-state index in [9.17, 15) is 4.79 Å². The molecule has 1 amide bonds. The van der Waals surface area contributed by atoms with Gasteiger partial charge in [0.2, 0.25) is 0 Å². The van der Waals surface area contributed by atoms with Crippen LogP contribution in [0.25, 0.3) is 11.0 Å². The molecule has 2 aliphatic rings. The number of aryl methyl sites for hydroxylation is 2. The summed E-state index contributed by atoms with van der Waals surface area (Å²) in [5, 5.41) is 3.47. The number of benzene rings is 1. The van der Waals surface area contributed by atoms with Crippen molar-refractivity contribution in [3.63, 3.8) is 0 Å². The molecule has 2 aliphatic heterocycles. The van der Waals surface area contributed by atoms with Gasteiger partial charge in [-0.2, -0.15) is 0 Å². The van der Waals surface area contributed by atoms with Crippen molar-refractivity contribution in [3.05, 3.63) is 24.0 Å². The van der Waals surface area contributed by atoms with Crippen LogP contribution >= 0.6 is 12.2 Å². The third-order valence-electron chi connectivity index (χ3n) is 4.49. The van der Waals surface area contributed by atoms with Crippen molar-refractivity contribution in [3.8, 4) is 0 Å². The van der Waals surface area contributed by atoms with Crippen molar-refractivity contribution in [2.75, 3.05) is 4.90 Å². The summed E-state index contributed by atoms with van der Waals surface area (Å²) < 4.78 is 2.32. The predicted molar refractivity (Wildman–Crippen MR) is 90.0 cm³/mol. The molecule has 1 fully saturated rings. The van der Waals surface area contributed by atoms with E-state index in [0.717, 1.165) is 35.5 Å². The van der Waals surface area contributed by atoms with Gasteiger partial charge < -0.3 is 9.88 Å². The first-order valence-electron chi connectivity index (χ1n) is 7.79. The molecule has 0 radical (unpaired) electrons. The molecule has 0 aliphatic carbocycles. The summed E-state index contributed by atoms with van der Waals surface area (Å²) in [5.74, 6) is 1.15. The summed E-state index contributed by atoms with van der Waals surface area (Å²) in [6.45, 7) is 2.86. The van der Waals surface area contributed by atoms with E-state index in [4.69, 9.17) is 17.2 Å². The third kappa shape index (κ3) is 2.01. The molecule has 1 N–H and O–H groups in total. The fourth-order valence-electron chi connectivity index (χ4n) is 3.33. The molecule has 0 spiro atoms. The summed E-state index contributed by atoms with van der Waals surface area (Å²) in [4.78, 5) is 18.6. The molecular weight excluding hydrogens is 296 g/mol. The van der Waals surface area contributed by atoms with Crippen LogP contribution in [-0.2, 0) is 17.8 Å². The Labute approximate surface area is 134 Å². The molecule has 0 bridgehead atoms. The fourth-order valence-corrected chi connectivity index (χ4v) is 3.70. The van der Waals surface area contributed by atoms with Gasteiger partial charge >= 0.3 is 0 Å². The lowest BCUT2D eigenvalue weighted by molar-refractivity contribution is -0.117. The molecular formula is C16H18N4OS. The minimum Gasteiger partial charge on any atom is -0.350 e. The van der Waals surface area contributed by atoms with Crippen LogP contribution in [-0.4, -0.2) is 26.6 Å². The van der Waals surface area contributed by atoms with Crippen molar-refractivity contribution in [2.45, 2.75) is 45.2 Å². The molecule has 3 heterocycles. The SMILES string of the molecule is CC1NC(=S)N(c2ccc3c(c2)nc2n3CCCCC2)C1=O. The number of carbonyl (C=O) groups excluding carboxylic acids is 1. The quantitative estimate of drug-likeness (QED) is 0.821. The molecule has 6 heteroatoms. The fraction of sp³-hybridized carbons (Fsp3) is 0.438. The number of hydrogen-bond acceptors (Lipinski definition) is 3. The number of amides is 1. The lowest BCUT2D eigenvalue weighted by atomic mass is 10.2. The Bertz CT molecular complexity index is 782. The Kier molecular flexibility index (Phi) is 3.14. The normalized spacial score (nSPS) is 21.9. The van der Waals surface area contributed by atoms with Crippen LogP contribution in [0.15, 0.2) is 18.2 Å². The maximum absolute atomic E-state index is 12.2. The van der Waals surface area contributed by atoms with Gasteiger partial charge in [0.25, 0.3) is 5.91 Å². The third-order valence-corrected chi connectivity index (χ3v) is 4.79. The Hall–Kier alpha value is -1.95. The van der Waals surface area contributed by atoms with Crippen molar-refractivity contribution in [1.82, 2.24) is 14.9 Å². The molecule has 22 heavy (non-hydrogen) atoms. The smallest absolute Gasteiger partial charge is 0.255 e. The summed E-state index contributed by atoms with van der Waals surface area (Å²) >= 11 is 5.27. The summed E-state index contributed by atoms with van der Waals surface area (Å²) in [7, 11) is 0. The van der Waals surface area contributed by atoms with Crippen LogP contribution in [0.4, 0.5) is 5.69 Å². The van der Waals surface area contributed by atoms with E-state index in [1.54, 1.807) is 4.90 Å². The van der Waals surface area contributed by atoms with Crippen LogP contribution in [0.5, 0.6) is 0 Å². The van der Waals surface area contributed by atoms with Gasteiger partial charge in [-0.15, -0.1) is 0 Å². The summed E-state index contributed by atoms with van der Waals surface area (Å²) in [5.41, 5.74) is 2.90. The van der Waals surface area contributed by atoms with Crippen LogP contribution < -0.4 is 10.2 Å². The number of rotatable bonds is 1. The molecule has 1 atom stereocenters. The number of imidazole rings is 1. The van der Waals surface area contributed by atoms with Gasteiger partial charge in [0.05, 0.1) is 16.7 Å². The lowest BCUT2D eigenvalue weighted by Crippen LogP contribution is -2.30. The van der Waals surface area contributed by atoms with Crippen molar-refractivity contribution in [1.29, 1.82) is 0 Å². The van der Waals surface area contributed by atoms with E-state index in [2.05, 4.69) is 16.0 Å². The van der Waals surface area contributed by atoms with Gasteiger partial charge in [-0.25, -0.2) is 4.98 Å². The first-order valence-corrected chi connectivity index (χ1v) is 8.19. The standard InChI is InChI=1S/C16H18N4OS/c1-10-15(21)20(16(22)17-10)11-6-7-13-12(9-11)18-14-5-3-2-4-8-19(13)14/h6-7,9-10H,2-5,8H2,1H3,(H,17,22). The Morgan fingerprint density at radius 3 is 2.95 bits per heavy atom. The Morgan fingerprint density at radius 1 is 1.32 bits per heavy atom. The minimum atomic E-state index is -0.262. The van der Waals surface area contributed by atoms with E-state index < -0.39 is 0 Å². The highest BCUT2D eigenvalue weighted by molar-refractivity contribution is 7.80. The maximum atomic E-state index is 12.2. The number of hydrogen-bond donors (Lipinski definition) is 1. The predicted octanol–water partition coefficient (Wildman–Crippen LogP) is 2.37. The topological polar surface area (TPSA) is 50.2 Å². The molecule has 1 saturated heterocycles. The lowest BCUT2D eigenvalue weighted by Gasteiger charge is -2.14. The molecule has 4 rings (SSSR count). The molecule has 0 saturated carbocycles. The van der Waals surface area contributed by atoms with Crippen LogP contribution in [0.3, 0.4) is 0 Å². The van der Waals surface area contributed by atoms with E-state index in [0.29, 0.717) is 5.11 Å². The first kappa shape index (κ1) is 13.7. The molecule has 5 nitrogen and oxygen atoms in total. The van der Waals surface area contributed by atoms with Crippen molar-refractivity contribution >= 4 is 40.0 Å². The highest BCUT2D eigenvalue weighted by atomic mass is 32.1. The average molecular weight is 314 g/mol. The summed E-state index contributed by atoms with van der Waals surface area (Å²) in [6.07, 6.45) is 4.70. The van der Waals surface area contributed by atoms with Crippen LogP contribution in [0.2, 0.25) is 0 Å². The van der Waals surface area contributed by atoms with E-state index in [-0.39, 0.29) is 11.9 Å². The zero-order valence-corrected chi connectivity index (χ0v) is 13.3. The van der Waals surface area contributed by atoms with Crippen molar-refractivity contribution in [2.24, 2.45) is 0 Å². The van der Waals surface area contributed by atoms with Gasteiger partial charge in [-0.05, 0) is 50.2 Å². The van der Waals surface area contributed by atoms with Gasteiger partial charge in [-0.1, -0.05) is 6.42 Å².